The molecule has 1 aliphatic rings. The normalized spacial score (nSPS) is 15.7. The number of sulfonamides is 1. The average Bonchev–Trinajstić information content (AvgIpc) is 3.29. The lowest BCUT2D eigenvalue weighted by molar-refractivity contribution is 0.102. The molecule has 2 N–H and O–H groups in total. The molecule has 1 saturated heterocycles. The van der Waals surface area contributed by atoms with Crippen LogP contribution in [0.3, 0.4) is 0 Å². The molecular weight excluding hydrogens is 529 g/mol. The van der Waals surface area contributed by atoms with Crippen molar-refractivity contribution >= 4 is 61.3 Å². The third kappa shape index (κ3) is 6.31. The summed E-state index contributed by atoms with van der Waals surface area (Å²) in [6.45, 7) is 6.10. The van der Waals surface area contributed by atoms with E-state index in [-0.39, 0.29) is 20.1 Å². The summed E-state index contributed by atoms with van der Waals surface area (Å²) in [4.78, 5) is 14.8. The molecule has 0 unspecified atom stereocenters. The van der Waals surface area contributed by atoms with Gasteiger partial charge in [0.1, 0.15) is 0 Å². The molecule has 8 nitrogen and oxygen atoms in total. The Hall–Kier alpha value is -2.24. The number of aromatic nitrogens is 2. The van der Waals surface area contributed by atoms with Crippen LogP contribution in [0.1, 0.15) is 48.7 Å². The van der Waals surface area contributed by atoms with E-state index < -0.39 is 22.0 Å². The van der Waals surface area contributed by atoms with Crippen LogP contribution >= 0.6 is 34.5 Å². The van der Waals surface area contributed by atoms with Gasteiger partial charge in [0.2, 0.25) is 9.47 Å². The van der Waals surface area contributed by atoms with Crippen LogP contribution in [0.2, 0.25) is 10.0 Å². The van der Waals surface area contributed by atoms with Crippen molar-refractivity contribution in [3.05, 3.63) is 63.6 Å². The summed E-state index contributed by atoms with van der Waals surface area (Å²) in [6, 6.07) is 11.9. The Labute approximate surface area is 218 Å². The summed E-state index contributed by atoms with van der Waals surface area (Å²) >= 11 is 12.7. The first-order valence-corrected chi connectivity index (χ1v) is 14.1. The highest BCUT2D eigenvalue weighted by Crippen LogP contribution is 2.27. The Balaban J connectivity index is 1.39. The maximum Gasteiger partial charge on any atom is 0.270 e. The van der Waals surface area contributed by atoms with Gasteiger partial charge in [-0.15, -0.1) is 10.2 Å². The molecule has 12 heteroatoms. The van der Waals surface area contributed by atoms with Gasteiger partial charge in [-0.1, -0.05) is 53.6 Å². The van der Waals surface area contributed by atoms with Crippen LogP contribution in [-0.2, 0) is 10.0 Å². The van der Waals surface area contributed by atoms with E-state index in [1.807, 2.05) is 24.3 Å². The van der Waals surface area contributed by atoms with Gasteiger partial charge in [0.25, 0.3) is 15.9 Å². The van der Waals surface area contributed by atoms with Crippen molar-refractivity contribution < 1.29 is 13.2 Å². The fourth-order valence-electron chi connectivity index (χ4n) is 3.80. The Morgan fingerprint density at radius 1 is 1.11 bits per heavy atom. The van der Waals surface area contributed by atoms with Crippen LogP contribution in [0, 0.1) is 5.92 Å². The molecule has 186 valence electrons. The van der Waals surface area contributed by atoms with E-state index in [0.717, 1.165) is 41.6 Å². The number of benzene rings is 2. The lowest BCUT2D eigenvalue weighted by Crippen LogP contribution is -2.32. The van der Waals surface area contributed by atoms with Crippen molar-refractivity contribution in [3.63, 3.8) is 0 Å². The maximum absolute atomic E-state index is 12.9. The number of amides is 1. The van der Waals surface area contributed by atoms with Crippen molar-refractivity contribution in [2.75, 3.05) is 23.3 Å². The van der Waals surface area contributed by atoms with Gasteiger partial charge in [-0.3, -0.25) is 10.1 Å². The van der Waals surface area contributed by atoms with E-state index in [1.54, 1.807) is 6.92 Å². The monoisotopic (exact) mass is 553 g/mol. The molecule has 0 spiro atoms. The SMILES string of the molecule is CC1CCN(c2ccc([C@H](C)NS(=O)(=O)c3nnc(NC(=O)c4ccc(Cl)cc4Cl)s3)cc2)CC1. The molecule has 4 rings (SSSR count). The molecule has 2 heterocycles. The maximum atomic E-state index is 12.9. The lowest BCUT2D eigenvalue weighted by atomic mass is 9.98. The predicted molar refractivity (Wildman–Crippen MR) is 140 cm³/mol. The van der Waals surface area contributed by atoms with Crippen molar-refractivity contribution in [1.29, 1.82) is 0 Å². The predicted octanol–water partition coefficient (Wildman–Crippen LogP) is 5.37. The number of nitrogens with one attached hydrogen (secondary N) is 2. The molecule has 1 aromatic heterocycles. The number of rotatable bonds is 7. The minimum Gasteiger partial charge on any atom is -0.372 e. The second-order valence-electron chi connectivity index (χ2n) is 8.56. The first-order chi connectivity index (χ1) is 16.6. The Bertz CT molecular complexity index is 1310. The number of hydrogen-bond donors (Lipinski definition) is 2. The number of carbonyl (C=O) groups excluding carboxylic acids is 1. The zero-order valence-electron chi connectivity index (χ0n) is 19.2. The second-order valence-corrected chi connectivity index (χ2v) is 12.3. The molecule has 1 amide bonds. The molecule has 1 aliphatic heterocycles. The Kier molecular flexibility index (Phi) is 7.97. The molecule has 2 aromatic carbocycles. The van der Waals surface area contributed by atoms with Gasteiger partial charge in [-0.25, -0.2) is 13.1 Å². The Morgan fingerprint density at radius 3 is 2.46 bits per heavy atom. The fraction of sp³-hybridized carbons (Fsp3) is 0.348. The first-order valence-electron chi connectivity index (χ1n) is 11.1. The van der Waals surface area contributed by atoms with Crippen LogP contribution < -0.4 is 14.9 Å². The number of halogens is 2. The number of piperidine rings is 1. The van der Waals surface area contributed by atoms with Gasteiger partial charge in [0.15, 0.2) is 0 Å². The number of carbonyl (C=O) groups is 1. The van der Waals surface area contributed by atoms with Gasteiger partial charge in [0.05, 0.1) is 10.6 Å². The second kappa shape index (κ2) is 10.8. The minimum atomic E-state index is -3.95. The summed E-state index contributed by atoms with van der Waals surface area (Å²) in [5.41, 5.74) is 2.16. The van der Waals surface area contributed by atoms with Crippen molar-refractivity contribution in [3.8, 4) is 0 Å². The number of hydrogen-bond acceptors (Lipinski definition) is 7. The number of anilines is 2. The Morgan fingerprint density at radius 2 is 1.80 bits per heavy atom. The first kappa shape index (κ1) is 25.8. The average molecular weight is 555 g/mol. The fourth-order valence-corrected chi connectivity index (χ4v) is 6.44. The van der Waals surface area contributed by atoms with Crippen LogP contribution in [-0.4, -0.2) is 37.6 Å². The van der Waals surface area contributed by atoms with Gasteiger partial charge >= 0.3 is 0 Å². The van der Waals surface area contributed by atoms with Crippen molar-refractivity contribution in [1.82, 2.24) is 14.9 Å². The van der Waals surface area contributed by atoms with E-state index in [1.165, 1.54) is 31.0 Å². The minimum absolute atomic E-state index is 0.0363. The van der Waals surface area contributed by atoms with Gasteiger partial charge in [-0.2, -0.15) is 0 Å². The lowest BCUT2D eigenvalue weighted by Gasteiger charge is -2.32. The van der Waals surface area contributed by atoms with E-state index in [9.17, 15) is 13.2 Å². The molecule has 0 aliphatic carbocycles. The standard InChI is InChI=1S/C23H25Cl2N5O3S2/c1-14-9-11-30(12-10-14)18-6-3-16(4-7-18)15(2)29-35(32,33)23-28-27-22(34-23)26-21(31)19-8-5-17(24)13-20(19)25/h3-8,13-15,29H,9-12H2,1-2H3,(H,26,27,31)/t15-/m0/s1. The van der Waals surface area contributed by atoms with Crippen LogP contribution in [0.25, 0.3) is 0 Å². The third-order valence-electron chi connectivity index (χ3n) is 5.91. The zero-order valence-corrected chi connectivity index (χ0v) is 22.3. The van der Waals surface area contributed by atoms with Crippen LogP contribution in [0.15, 0.2) is 46.8 Å². The highest BCUT2D eigenvalue weighted by Gasteiger charge is 2.24. The smallest absolute Gasteiger partial charge is 0.270 e. The molecule has 1 atom stereocenters. The summed E-state index contributed by atoms with van der Waals surface area (Å²) in [7, 11) is -3.95. The van der Waals surface area contributed by atoms with Gasteiger partial charge in [0, 0.05) is 29.8 Å². The van der Waals surface area contributed by atoms with E-state index in [0.29, 0.717) is 5.02 Å². The van der Waals surface area contributed by atoms with Crippen LogP contribution in [0.4, 0.5) is 10.8 Å². The summed E-state index contributed by atoms with van der Waals surface area (Å²) in [6.07, 6.45) is 2.35. The van der Waals surface area contributed by atoms with E-state index in [2.05, 4.69) is 32.1 Å². The topological polar surface area (TPSA) is 104 Å². The highest BCUT2D eigenvalue weighted by atomic mass is 35.5. The van der Waals surface area contributed by atoms with Gasteiger partial charge in [-0.05, 0) is 61.6 Å². The summed E-state index contributed by atoms with van der Waals surface area (Å²) < 4.78 is 28.1. The molecule has 35 heavy (non-hydrogen) atoms. The van der Waals surface area contributed by atoms with E-state index in [4.69, 9.17) is 23.2 Å². The quantitative estimate of drug-likeness (QED) is 0.381. The highest BCUT2D eigenvalue weighted by molar-refractivity contribution is 7.91. The summed E-state index contributed by atoms with van der Waals surface area (Å²) in [5, 5.41) is 10.6. The molecule has 0 bridgehead atoms. The van der Waals surface area contributed by atoms with Crippen molar-refractivity contribution in [2.45, 2.75) is 37.1 Å². The number of nitrogens with zero attached hydrogens (tertiary/aromatic N) is 3. The molecule has 0 saturated carbocycles. The third-order valence-corrected chi connectivity index (χ3v) is 9.20. The molecule has 1 fully saturated rings. The van der Waals surface area contributed by atoms with E-state index >= 15 is 0 Å². The zero-order chi connectivity index (χ0) is 25.2. The largest absolute Gasteiger partial charge is 0.372 e. The van der Waals surface area contributed by atoms with Crippen molar-refractivity contribution in [2.24, 2.45) is 5.92 Å². The van der Waals surface area contributed by atoms with Gasteiger partial charge < -0.3 is 4.90 Å². The molecular formula is C23H25Cl2N5O3S2. The summed E-state index contributed by atoms with van der Waals surface area (Å²) in [5.74, 6) is 0.209. The van der Waals surface area contributed by atoms with Crippen LogP contribution in [0.5, 0.6) is 0 Å². The molecule has 3 aromatic rings. The molecule has 0 radical (unpaired) electrons.